The molecule has 0 aromatic heterocycles. The second kappa shape index (κ2) is 6.11. The number of aliphatic carboxylic acids is 1. The highest BCUT2D eigenvalue weighted by Crippen LogP contribution is 2.05. The molecule has 0 saturated carbocycles. The number of carboxylic acid groups (broad SMARTS) is 1. The van der Waals surface area contributed by atoms with Crippen LogP contribution in [0.2, 0.25) is 0 Å². The lowest BCUT2D eigenvalue weighted by Gasteiger charge is -2.22. The van der Waals surface area contributed by atoms with Crippen LogP contribution in [0.25, 0.3) is 0 Å². The molecule has 1 atom stereocenters. The van der Waals surface area contributed by atoms with Gasteiger partial charge in [-0.1, -0.05) is 0 Å². The van der Waals surface area contributed by atoms with Gasteiger partial charge in [0.1, 0.15) is 6.54 Å². The topological polar surface area (TPSA) is 104 Å². The summed E-state index contributed by atoms with van der Waals surface area (Å²) in [6.45, 7) is 1.61. The molecule has 0 aliphatic carbocycles. The number of hydrogen-bond donors (Lipinski definition) is 3. The summed E-state index contributed by atoms with van der Waals surface area (Å²) in [5.41, 5.74) is 0. The first-order valence-corrected chi connectivity index (χ1v) is 4.77. The van der Waals surface area contributed by atoms with Crippen molar-refractivity contribution in [2.24, 2.45) is 0 Å². The average Bonchev–Trinajstić information content (AvgIpc) is 2.12. The van der Waals surface area contributed by atoms with Crippen molar-refractivity contribution in [3.05, 3.63) is 0 Å². The Morgan fingerprint density at radius 1 is 1.25 bits per heavy atom. The summed E-state index contributed by atoms with van der Waals surface area (Å²) in [7, 11) is 0. The monoisotopic (exact) mass is 248 g/mol. The van der Waals surface area contributed by atoms with Crippen LogP contribution in [0.15, 0.2) is 0 Å². The van der Waals surface area contributed by atoms with Gasteiger partial charge in [-0.3, -0.25) is 24.1 Å². The van der Waals surface area contributed by atoms with Crippen LogP contribution in [0.5, 0.6) is 0 Å². The van der Waals surface area contributed by atoms with Crippen molar-refractivity contribution in [3.63, 3.8) is 0 Å². The second-order valence-electron chi connectivity index (χ2n) is 2.89. The molecule has 0 aliphatic heterocycles. The smallest absolute Gasteiger partial charge is 0.322 e. The Balaban J connectivity index is 4.56. The number of carboxylic acids is 1. The molecule has 3 amide bonds. The van der Waals surface area contributed by atoms with Crippen LogP contribution in [0.4, 0.5) is 0 Å². The van der Waals surface area contributed by atoms with Crippen molar-refractivity contribution < 1.29 is 24.3 Å². The Bertz CT molecular complexity index is 316. The molecule has 0 rings (SSSR count). The second-order valence-corrected chi connectivity index (χ2v) is 3.38. The van der Waals surface area contributed by atoms with Gasteiger partial charge < -0.3 is 10.4 Å². The summed E-state index contributed by atoms with van der Waals surface area (Å²) in [6, 6.07) is 0. The Kier molecular flexibility index (Phi) is 5.51. The molecular formula is C8H12N2O5S. The van der Waals surface area contributed by atoms with E-state index in [0.717, 1.165) is 13.8 Å². The van der Waals surface area contributed by atoms with E-state index in [1.807, 2.05) is 5.32 Å². The quantitative estimate of drug-likeness (QED) is 0.430. The van der Waals surface area contributed by atoms with E-state index in [-0.39, 0.29) is 0 Å². The number of carbonyl (C=O) groups is 4. The van der Waals surface area contributed by atoms with Crippen LogP contribution in [0.3, 0.4) is 0 Å². The molecule has 2 N–H and O–H groups in total. The van der Waals surface area contributed by atoms with E-state index in [0.29, 0.717) is 4.90 Å². The zero-order valence-corrected chi connectivity index (χ0v) is 9.65. The third kappa shape index (κ3) is 4.30. The SMILES string of the molecule is CC(=O)N(C(C)=O)C(S)C(=O)NCC(=O)O. The predicted molar refractivity (Wildman–Crippen MR) is 56.6 cm³/mol. The van der Waals surface area contributed by atoms with Gasteiger partial charge in [0.2, 0.25) is 11.8 Å². The lowest BCUT2D eigenvalue weighted by atomic mass is 10.4. The lowest BCUT2D eigenvalue weighted by molar-refractivity contribution is -0.146. The molecule has 0 aliphatic rings. The van der Waals surface area contributed by atoms with E-state index in [2.05, 4.69) is 12.6 Å². The summed E-state index contributed by atoms with van der Waals surface area (Å²) < 4.78 is 0. The Labute approximate surface area is 97.2 Å². The van der Waals surface area contributed by atoms with Gasteiger partial charge in [0.25, 0.3) is 5.91 Å². The summed E-state index contributed by atoms with van der Waals surface area (Å²) in [5, 5.41) is 9.00. The minimum absolute atomic E-state index is 0.598. The molecule has 0 aromatic rings. The van der Waals surface area contributed by atoms with Crippen LogP contribution in [0.1, 0.15) is 13.8 Å². The molecule has 90 valence electrons. The van der Waals surface area contributed by atoms with Crippen molar-refractivity contribution >= 4 is 36.3 Å². The summed E-state index contributed by atoms with van der Waals surface area (Å²) in [5.74, 6) is -3.34. The maximum absolute atomic E-state index is 11.3. The average molecular weight is 248 g/mol. The zero-order chi connectivity index (χ0) is 12.9. The number of nitrogens with one attached hydrogen (secondary N) is 1. The first kappa shape index (κ1) is 14.4. The zero-order valence-electron chi connectivity index (χ0n) is 8.76. The van der Waals surface area contributed by atoms with Crippen molar-refractivity contribution in [2.75, 3.05) is 6.54 Å². The molecule has 0 saturated heterocycles. The van der Waals surface area contributed by atoms with Crippen molar-refractivity contribution in [2.45, 2.75) is 19.2 Å². The molecule has 0 aromatic carbocycles. The first-order chi connectivity index (χ1) is 7.27. The van der Waals surface area contributed by atoms with Gasteiger partial charge in [0.05, 0.1) is 0 Å². The molecular weight excluding hydrogens is 236 g/mol. The lowest BCUT2D eigenvalue weighted by Crippen LogP contribution is -2.48. The van der Waals surface area contributed by atoms with Gasteiger partial charge >= 0.3 is 5.97 Å². The minimum atomic E-state index is -1.32. The maximum Gasteiger partial charge on any atom is 0.322 e. The van der Waals surface area contributed by atoms with E-state index in [4.69, 9.17) is 5.11 Å². The molecule has 7 nitrogen and oxygen atoms in total. The van der Waals surface area contributed by atoms with Gasteiger partial charge in [-0.25, -0.2) is 0 Å². The number of nitrogens with zero attached hydrogens (tertiary/aromatic N) is 1. The molecule has 0 radical (unpaired) electrons. The molecule has 0 spiro atoms. The van der Waals surface area contributed by atoms with Crippen LogP contribution < -0.4 is 5.32 Å². The summed E-state index contributed by atoms with van der Waals surface area (Å²) in [6.07, 6.45) is 0. The summed E-state index contributed by atoms with van der Waals surface area (Å²) in [4.78, 5) is 44.2. The highest BCUT2D eigenvalue weighted by Gasteiger charge is 2.27. The van der Waals surface area contributed by atoms with E-state index in [9.17, 15) is 19.2 Å². The van der Waals surface area contributed by atoms with Crippen LogP contribution in [-0.2, 0) is 19.2 Å². The van der Waals surface area contributed by atoms with Gasteiger partial charge in [-0.05, 0) is 0 Å². The predicted octanol–water partition coefficient (Wildman–Crippen LogP) is -1.16. The first-order valence-electron chi connectivity index (χ1n) is 4.25. The molecule has 1 unspecified atom stereocenters. The molecule has 8 heteroatoms. The normalized spacial score (nSPS) is 11.4. The number of imide groups is 1. The highest BCUT2D eigenvalue weighted by atomic mass is 32.1. The fraction of sp³-hybridized carbons (Fsp3) is 0.500. The third-order valence-corrected chi connectivity index (χ3v) is 2.04. The van der Waals surface area contributed by atoms with Gasteiger partial charge in [0, 0.05) is 13.8 Å². The minimum Gasteiger partial charge on any atom is -0.480 e. The van der Waals surface area contributed by atoms with Crippen LogP contribution >= 0.6 is 12.6 Å². The van der Waals surface area contributed by atoms with Crippen LogP contribution in [-0.4, -0.2) is 45.6 Å². The standard InChI is InChI=1S/C8H12N2O5S/c1-4(11)10(5(2)12)8(16)7(15)9-3-6(13)14/h8,16H,3H2,1-2H3,(H,9,15)(H,13,14). The number of amides is 3. The van der Waals surface area contributed by atoms with Crippen LogP contribution in [0, 0.1) is 0 Å². The van der Waals surface area contributed by atoms with Gasteiger partial charge in [-0.15, -0.1) is 12.6 Å². The Morgan fingerprint density at radius 3 is 2.00 bits per heavy atom. The largest absolute Gasteiger partial charge is 0.480 e. The van der Waals surface area contributed by atoms with Crippen molar-refractivity contribution in [3.8, 4) is 0 Å². The van der Waals surface area contributed by atoms with E-state index in [1.54, 1.807) is 0 Å². The number of hydrogen-bond acceptors (Lipinski definition) is 5. The van der Waals surface area contributed by atoms with Crippen molar-refractivity contribution in [1.29, 1.82) is 0 Å². The highest BCUT2D eigenvalue weighted by molar-refractivity contribution is 7.81. The van der Waals surface area contributed by atoms with E-state index in [1.165, 1.54) is 0 Å². The van der Waals surface area contributed by atoms with Gasteiger partial charge in [-0.2, -0.15) is 0 Å². The number of rotatable bonds is 4. The van der Waals surface area contributed by atoms with E-state index < -0.39 is 35.6 Å². The fourth-order valence-corrected chi connectivity index (χ4v) is 1.35. The third-order valence-electron chi connectivity index (χ3n) is 1.57. The maximum atomic E-state index is 11.3. The molecule has 0 bridgehead atoms. The molecule has 0 heterocycles. The Hall–Kier alpha value is -1.57. The van der Waals surface area contributed by atoms with Crippen molar-refractivity contribution in [1.82, 2.24) is 10.2 Å². The molecule has 16 heavy (non-hydrogen) atoms. The fourth-order valence-electron chi connectivity index (χ4n) is 0.937. The van der Waals surface area contributed by atoms with Gasteiger partial charge in [0.15, 0.2) is 5.37 Å². The number of carbonyl (C=O) groups excluding carboxylic acids is 3. The number of thiol groups is 1. The summed E-state index contributed by atoms with van der Waals surface area (Å²) >= 11 is 3.78. The van der Waals surface area contributed by atoms with E-state index >= 15 is 0 Å². The molecule has 0 fully saturated rings. The Morgan fingerprint density at radius 2 is 1.69 bits per heavy atom.